The van der Waals surface area contributed by atoms with Gasteiger partial charge >= 0.3 is 0 Å². The highest BCUT2D eigenvalue weighted by atomic mass is 19.1. The maximum Gasteiger partial charge on any atom is 0.221 e. The van der Waals surface area contributed by atoms with Crippen molar-refractivity contribution < 1.29 is 18.3 Å². The lowest BCUT2D eigenvalue weighted by Gasteiger charge is -2.12. The van der Waals surface area contributed by atoms with Gasteiger partial charge in [0.2, 0.25) is 11.8 Å². The van der Waals surface area contributed by atoms with Crippen molar-refractivity contribution in [3.05, 3.63) is 121 Å². The minimum atomic E-state index is -0.709. The Morgan fingerprint density at radius 1 is 0.854 bits per heavy atom. The standard InChI is InChI=1S/C32H23F2N5O2/c1-20(40)38-26-11-23(28-9-8-25(33)14-29(28)34)12-27(15-26)39-19-37-30-13-24(17-36-32(30)39)22-7-10-31(35-16-22)41-18-21-5-3-2-4-6-21/h2-17,19H,18H2,1H3,(H,38,40). The van der Waals surface area contributed by atoms with Gasteiger partial charge in [-0.25, -0.2) is 23.7 Å². The van der Waals surface area contributed by atoms with Gasteiger partial charge < -0.3 is 10.1 Å². The van der Waals surface area contributed by atoms with Gasteiger partial charge in [-0.1, -0.05) is 30.3 Å². The van der Waals surface area contributed by atoms with Crippen molar-refractivity contribution >= 4 is 22.8 Å². The summed E-state index contributed by atoms with van der Waals surface area (Å²) in [6.45, 7) is 1.81. The number of aromatic nitrogens is 4. The Labute approximate surface area is 234 Å². The predicted octanol–water partition coefficient (Wildman–Crippen LogP) is 6.97. The Morgan fingerprint density at radius 2 is 1.68 bits per heavy atom. The third-order valence-corrected chi connectivity index (χ3v) is 6.45. The molecule has 6 aromatic rings. The molecule has 3 aromatic heterocycles. The molecule has 1 N–H and O–H groups in total. The van der Waals surface area contributed by atoms with Crippen LogP contribution in [0.5, 0.6) is 5.88 Å². The number of nitrogens with one attached hydrogen (secondary N) is 1. The van der Waals surface area contributed by atoms with Gasteiger partial charge in [0, 0.05) is 53.8 Å². The zero-order valence-electron chi connectivity index (χ0n) is 21.9. The molecule has 0 saturated heterocycles. The summed E-state index contributed by atoms with van der Waals surface area (Å²) in [5, 5.41) is 2.74. The fourth-order valence-corrected chi connectivity index (χ4v) is 4.52. The molecule has 0 radical (unpaired) electrons. The van der Waals surface area contributed by atoms with Gasteiger partial charge in [0.15, 0.2) is 5.65 Å². The molecule has 41 heavy (non-hydrogen) atoms. The smallest absolute Gasteiger partial charge is 0.221 e. The number of hydrogen-bond donors (Lipinski definition) is 1. The van der Waals surface area contributed by atoms with Gasteiger partial charge in [0.1, 0.15) is 30.1 Å². The molecule has 0 aliphatic heterocycles. The van der Waals surface area contributed by atoms with Gasteiger partial charge in [0.05, 0.1) is 5.69 Å². The van der Waals surface area contributed by atoms with Crippen molar-refractivity contribution in [3.8, 4) is 33.8 Å². The number of carbonyl (C=O) groups excluding carboxylic acids is 1. The number of rotatable bonds is 7. The van der Waals surface area contributed by atoms with Crippen molar-refractivity contribution in [1.82, 2.24) is 19.5 Å². The van der Waals surface area contributed by atoms with Crippen LogP contribution in [0, 0.1) is 11.6 Å². The Hall–Kier alpha value is -5.44. The van der Waals surface area contributed by atoms with Gasteiger partial charge in [-0.3, -0.25) is 9.36 Å². The second kappa shape index (κ2) is 11.0. The first kappa shape index (κ1) is 25.8. The van der Waals surface area contributed by atoms with Gasteiger partial charge in [-0.15, -0.1) is 0 Å². The molecule has 0 bridgehead atoms. The maximum absolute atomic E-state index is 14.6. The molecule has 0 fully saturated rings. The fourth-order valence-electron chi connectivity index (χ4n) is 4.52. The van der Waals surface area contributed by atoms with Crippen molar-refractivity contribution in [2.45, 2.75) is 13.5 Å². The first-order valence-electron chi connectivity index (χ1n) is 12.8. The van der Waals surface area contributed by atoms with E-state index < -0.39 is 11.6 Å². The molecular weight excluding hydrogens is 524 g/mol. The molecule has 202 valence electrons. The average Bonchev–Trinajstić information content (AvgIpc) is 3.40. The predicted molar refractivity (Wildman–Crippen MR) is 153 cm³/mol. The lowest BCUT2D eigenvalue weighted by Crippen LogP contribution is -2.07. The Bertz CT molecular complexity index is 1870. The maximum atomic E-state index is 14.6. The highest BCUT2D eigenvalue weighted by Crippen LogP contribution is 2.31. The van der Waals surface area contributed by atoms with Crippen molar-refractivity contribution in [1.29, 1.82) is 0 Å². The molecule has 3 heterocycles. The second-order valence-corrected chi connectivity index (χ2v) is 9.41. The summed E-state index contributed by atoms with van der Waals surface area (Å²) in [6.07, 6.45) is 5.05. The molecule has 0 aliphatic carbocycles. The molecule has 0 unspecified atom stereocenters. The summed E-state index contributed by atoms with van der Waals surface area (Å²) in [6, 6.07) is 24.0. The van der Waals surface area contributed by atoms with E-state index in [1.807, 2.05) is 48.5 Å². The number of hydrogen-bond acceptors (Lipinski definition) is 5. The fraction of sp³-hybridized carbons (Fsp3) is 0.0625. The van der Waals surface area contributed by atoms with Gasteiger partial charge in [-0.2, -0.15) is 0 Å². The average molecular weight is 548 g/mol. The van der Waals surface area contributed by atoms with Crippen molar-refractivity contribution in [3.63, 3.8) is 0 Å². The molecule has 3 aromatic carbocycles. The quantitative estimate of drug-likeness (QED) is 0.234. The monoisotopic (exact) mass is 547 g/mol. The van der Waals surface area contributed by atoms with E-state index in [0.29, 0.717) is 40.6 Å². The Balaban J connectivity index is 1.30. The van der Waals surface area contributed by atoms with E-state index in [9.17, 15) is 13.6 Å². The minimum Gasteiger partial charge on any atom is -0.473 e. The largest absolute Gasteiger partial charge is 0.473 e. The van der Waals surface area contributed by atoms with E-state index >= 15 is 0 Å². The van der Waals surface area contributed by atoms with E-state index in [4.69, 9.17) is 4.74 Å². The second-order valence-electron chi connectivity index (χ2n) is 9.41. The lowest BCUT2D eigenvalue weighted by atomic mass is 10.0. The number of anilines is 1. The molecule has 1 amide bonds. The van der Waals surface area contributed by atoms with Crippen LogP contribution in [0.25, 0.3) is 39.1 Å². The number of halogens is 2. The minimum absolute atomic E-state index is 0.197. The lowest BCUT2D eigenvalue weighted by molar-refractivity contribution is -0.114. The molecule has 0 saturated carbocycles. The zero-order chi connectivity index (χ0) is 28.3. The van der Waals surface area contributed by atoms with Crippen LogP contribution in [0.15, 0.2) is 104 Å². The summed E-state index contributed by atoms with van der Waals surface area (Å²) >= 11 is 0. The number of imidazole rings is 1. The molecular formula is C32H23F2N5O2. The Kier molecular flexibility index (Phi) is 6.91. The first-order valence-corrected chi connectivity index (χ1v) is 12.8. The molecule has 0 atom stereocenters. The van der Waals surface area contributed by atoms with Gasteiger partial charge in [-0.05, 0) is 53.6 Å². The molecule has 0 spiro atoms. The van der Waals surface area contributed by atoms with Crippen LogP contribution in [-0.4, -0.2) is 25.4 Å². The molecule has 0 aliphatic rings. The number of amides is 1. The number of benzene rings is 3. The summed E-state index contributed by atoms with van der Waals surface area (Å²) in [7, 11) is 0. The van der Waals surface area contributed by atoms with Gasteiger partial charge in [0.25, 0.3) is 0 Å². The summed E-state index contributed by atoms with van der Waals surface area (Å²) < 4.78 is 35.7. The third kappa shape index (κ3) is 5.65. The van der Waals surface area contributed by atoms with E-state index in [1.54, 1.807) is 41.5 Å². The summed E-state index contributed by atoms with van der Waals surface area (Å²) in [5.74, 6) is -1.15. The van der Waals surface area contributed by atoms with Crippen LogP contribution in [0.1, 0.15) is 12.5 Å². The van der Waals surface area contributed by atoms with Crippen LogP contribution >= 0.6 is 0 Å². The first-order chi connectivity index (χ1) is 19.9. The van der Waals surface area contributed by atoms with Crippen LogP contribution in [0.4, 0.5) is 14.5 Å². The number of nitrogens with zero attached hydrogens (tertiary/aromatic N) is 4. The van der Waals surface area contributed by atoms with Crippen LogP contribution in [0.2, 0.25) is 0 Å². The topological polar surface area (TPSA) is 81.9 Å². The summed E-state index contributed by atoms with van der Waals surface area (Å²) in [5.41, 5.74) is 5.63. The van der Waals surface area contributed by atoms with E-state index in [0.717, 1.165) is 22.8 Å². The number of carbonyl (C=O) groups is 1. The van der Waals surface area contributed by atoms with Crippen molar-refractivity contribution in [2.75, 3.05) is 5.32 Å². The zero-order valence-corrected chi connectivity index (χ0v) is 21.9. The number of ether oxygens (including phenoxy) is 1. The number of fused-ring (bicyclic) bond motifs is 1. The molecule has 9 heteroatoms. The third-order valence-electron chi connectivity index (χ3n) is 6.45. The highest BCUT2D eigenvalue weighted by molar-refractivity contribution is 5.90. The molecule has 6 rings (SSSR count). The Morgan fingerprint density at radius 3 is 2.44 bits per heavy atom. The summed E-state index contributed by atoms with van der Waals surface area (Å²) in [4.78, 5) is 25.4. The van der Waals surface area contributed by atoms with Crippen LogP contribution in [-0.2, 0) is 11.4 Å². The normalized spacial score (nSPS) is 11.0. The molecule has 7 nitrogen and oxygen atoms in total. The highest BCUT2D eigenvalue weighted by Gasteiger charge is 2.14. The van der Waals surface area contributed by atoms with E-state index in [-0.39, 0.29) is 11.5 Å². The van der Waals surface area contributed by atoms with E-state index in [1.165, 1.54) is 19.1 Å². The van der Waals surface area contributed by atoms with Crippen molar-refractivity contribution in [2.24, 2.45) is 0 Å². The SMILES string of the molecule is CC(=O)Nc1cc(-c2ccc(F)cc2F)cc(-n2cnc3cc(-c4ccc(OCc5ccccc5)nc4)cnc32)c1. The van der Waals surface area contributed by atoms with E-state index in [2.05, 4.69) is 20.3 Å². The van der Waals surface area contributed by atoms with Crippen LogP contribution < -0.4 is 10.1 Å². The number of pyridine rings is 2. The van der Waals surface area contributed by atoms with Crippen LogP contribution in [0.3, 0.4) is 0 Å².